The molecule has 2 aromatic heterocycles. The number of hydrogen-bond donors (Lipinski definition) is 2. The van der Waals surface area contributed by atoms with Crippen molar-refractivity contribution in [3.8, 4) is 11.4 Å². The van der Waals surface area contributed by atoms with Crippen molar-refractivity contribution in [2.24, 2.45) is 0 Å². The van der Waals surface area contributed by atoms with Crippen LogP contribution in [0.15, 0.2) is 84.5 Å². The summed E-state index contributed by atoms with van der Waals surface area (Å²) in [7, 11) is 0. The van der Waals surface area contributed by atoms with Crippen molar-refractivity contribution in [1.29, 1.82) is 0 Å². The lowest BCUT2D eigenvalue weighted by atomic mass is 10.0. The number of nitrogens with one attached hydrogen (secondary N) is 1. The highest BCUT2D eigenvalue weighted by atomic mass is 32.1. The number of rotatable bonds is 8. The Morgan fingerprint density at radius 1 is 1.03 bits per heavy atom. The van der Waals surface area contributed by atoms with E-state index in [0.717, 1.165) is 40.7 Å². The zero-order valence-corrected chi connectivity index (χ0v) is 18.9. The second kappa shape index (κ2) is 9.52. The van der Waals surface area contributed by atoms with Gasteiger partial charge in [0.15, 0.2) is 0 Å². The molecule has 1 saturated heterocycles. The maximum Gasteiger partial charge on any atom is 0.253 e. The molecular formula is C26H25N3O3S. The van der Waals surface area contributed by atoms with E-state index in [9.17, 15) is 9.90 Å². The molecule has 1 amide bonds. The maximum absolute atomic E-state index is 13.1. The summed E-state index contributed by atoms with van der Waals surface area (Å²) in [5, 5.41) is 14.3. The summed E-state index contributed by atoms with van der Waals surface area (Å²) in [5.41, 5.74) is 3.38. The summed E-state index contributed by atoms with van der Waals surface area (Å²) in [5.74, 6) is 0.704. The number of nitrogens with zero attached hydrogens (tertiary/aromatic N) is 2. The van der Waals surface area contributed by atoms with Crippen LogP contribution in [0.1, 0.15) is 20.8 Å². The predicted molar refractivity (Wildman–Crippen MR) is 130 cm³/mol. The first-order valence-electron chi connectivity index (χ1n) is 10.9. The highest BCUT2D eigenvalue weighted by molar-refractivity contribution is 7.09. The number of anilines is 1. The topological polar surface area (TPSA) is 66.7 Å². The summed E-state index contributed by atoms with van der Waals surface area (Å²) < 4.78 is 8.08. The second-order valence-corrected chi connectivity index (χ2v) is 9.00. The molecule has 0 spiro atoms. The monoisotopic (exact) mass is 459 g/mol. The standard InChI is InChI=1S/C26H25N3O3S/c30-18-19-8-10-20(11-9-19)32-21-16-29(17-21)24-7-3-6-23(25(24)28-12-1-2-13-28)26(31)27-15-22-5-4-14-33-22/h1-14,21,30H,15-18H2,(H,27,31). The lowest BCUT2D eigenvalue weighted by Crippen LogP contribution is -2.54. The predicted octanol–water partition coefficient (Wildman–Crippen LogP) is 4.23. The molecule has 2 N–H and O–H groups in total. The molecule has 1 aliphatic heterocycles. The average Bonchev–Trinajstić information content (AvgIpc) is 3.54. The Morgan fingerprint density at radius 2 is 1.82 bits per heavy atom. The zero-order valence-electron chi connectivity index (χ0n) is 18.1. The minimum Gasteiger partial charge on any atom is -0.487 e. The molecule has 0 saturated carbocycles. The molecular weight excluding hydrogens is 434 g/mol. The molecule has 0 bridgehead atoms. The number of aromatic nitrogens is 1. The Hall–Kier alpha value is -3.55. The average molecular weight is 460 g/mol. The van der Waals surface area contributed by atoms with Gasteiger partial charge in [-0.3, -0.25) is 4.79 Å². The summed E-state index contributed by atoms with van der Waals surface area (Å²) >= 11 is 1.63. The molecule has 33 heavy (non-hydrogen) atoms. The summed E-state index contributed by atoms with van der Waals surface area (Å²) in [4.78, 5) is 16.5. The minimum atomic E-state index is -0.0914. The molecule has 5 rings (SSSR count). The molecule has 0 atom stereocenters. The van der Waals surface area contributed by atoms with Crippen molar-refractivity contribution in [2.75, 3.05) is 18.0 Å². The van der Waals surface area contributed by atoms with E-state index in [1.165, 1.54) is 0 Å². The Labute approximate surface area is 196 Å². The fraction of sp³-hybridized carbons (Fsp3) is 0.192. The van der Waals surface area contributed by atoms with Gasteiger partial charge in [-0.1, -0.05) is 24.3 Å². The summed E-state index contributed by atoms with van der Waals surface area (Å²) in [6.45, 7) is 2.00. The normalized spacial score (nSPS) is 13.5. The van der Waals surface area contributed by atoms with Crippen LogP contribution in [0.25, 0.3) is 5.69 Å². The van der Waals surface area contributed by atoms with Crippen molar-refractivity contribution in [3.63, 3.8) is 0 Å². The largest absolute Gasteiger partial charge is 0.487 e. The number of carbonyl (C=O) groups excluding carboxylic acids is 1. The number of thiophene rings is 1. The van der Waals surface area contributed by atoms with Gasteiger partial charge in [0.1, 0.15) is 11.9 Å². The third kappa shape index (κ3) is 4.65. The molecule has 0 radical (unpaired) electrons. The number of aliphatic hydroxyl groups excluding tert-OH is 1. The number of para-hydroxylation sites is 1. The van der Waals surface area contributed by atoms with Gasteiger partial charge in [-0.25, -0.2) is 0 Å². The van der Waals surface area contributed by atoms with E-state index >= 15 is 0 Å². The Bertz CT molecular complexity index is 1200. The highest BCUT2D eigenvalue weighted by Gasteiger charge is 2.31. The van der Waals surface area contributed by atoms with Crippen LogP contribution in [0.5, 0.6) is 5.75 Å². The first-order valence-corrected chi connectivity index (χ1v) is 11.8. The van der Waals surface area contributed by atoms with E-state index in [4.69, 9.17) is 4.74 Å². The smallest absolute Gasteiger partial charge is 0.253 e. The van der Waals surface area contributed by atoms with Gasteiger partial charge in [-0.15, -0.1) is 11.3 Å². The quantitative estimate of drug-likeness (QED) is 0.414. The fourth-order valence-corrected chi connectivity index (χ4v) is 4.62. The van der Waals surface area contributed by atoms with Gasteiger partial charge >= 0.3 is 0 Å². The van der Waals surface area contributed by atoms with Crippen molar-refractivity contribution in [1.82, 2.24) is 9.88 Å². The van der Waals surface area contributed by atoms with E-state index in [-0.39, 0.29) is 18.6 Å². The van der Waals surface area contributed by atoms with Crippen LogP contribution in [0.3, 0.4) is 0 Å². The van der Waals surface area contributed by atoms with E-state index < -0.39 is 0 Å². The number of aliphatic hydroxyl groups is 1. The van der Waals surface area contributed by atoms with Crippen LogP contribution in [-0.4, -0.2) is 34.8 Å². The van der Waals surface area contributed by atoms with Crippen molar-refractivity contribution < 1.29 is 14.6 Å². The molecule has 168 valence electrons. The third-order valence-electron chi connectivity index (χ3n) is 5.72. The van der Waals surface area contributed by atoms with E-state index in [0.29, 0.717) is 12.1 Å². The third-order valence-corrected chi connectivity index (χ3v) is 6.60. The molecule has 4 aromatic rings. The molecule has 0 aliphatic carbocycles. The number of amides is 1. The molecule has 3 heterocycles. The second-order valence-electron chi connectivity index (χ2n) is 7.97. The molecule has 6 nitrogen and oxygen atoms in total. The van der Waals surface area contributed by atoms with Gasteiger partial charge in [0, 0.05) is 17.3 Å². The van der Waals surface area contributed by atoms with E-state index in [1.54, 1.807) is 11.3 Å². The molecule has 2 aromatic carbocycles. The summed E-state index contributed by atoms with van der Waals surface area (Å²) in [6, 6.07) is 21.3. The van der Waals surface area contributed by atoms with Crippen LogP contribution in [-0.2, 0) is 13.2 Å². The fourth-order valence-electron chi connectivity index (χ4n) is 3.98. The SMILES string of the molecule is O=C(NCc1cccs1)c1cccc(N2CC(Oc3ccc(CO)cc3)C2)c1-n1cccc1. The number of ether oxygens (including phenoxy) is 1. The first-order chi connectivity index (χ1) is 16.2. The molecule has 0 unspecified atom stereocenters. The lowest BCUT2D eigenvalue weighted by Gasteiger charge is -2.41. The van der Waals surface area contributed by atoms with Gasteiger partial charge in [0.2, 0.25) is 0 Å². The molecule has 1 fully saturated rings. The Balaban J connectivity index is 1.33. The van der Waals surface area contributed by atoms with Gasteiger partial charge in [0.05, 0.1) is 43.2 Å². The van der Waals surface area contributed by atoms with Crippen molar-refractivity contribution in [2.45, 2.75) is 19.3 Å². The van der Waals surface area contributed by atoms with E-state index in [1.807, 2.05) is 83.0 Å². The van der Waals surface area contributed by atoms with Gasteiger partial charge < -0.3 is 24.6 Å². The van der Waals surface area contributed by atoms with Gasteiger partial charge in [0.25, 0.3) is 5.91 Å². The van der Waals surface area contributed by atoms with Crippen LogP contribution >= 0.6 is 11.3 Å². The van der Waals surface area contributed by atoms with Gasteiger partial charge in [-0.2, -0.15) is 0 Å². The van der Waals surface area contributed by atoms with Crippen LogP contribution < -0.4 is 15.0 Å². The Morgan fingerprint density at radius 3 is 2.52 bits per heavy atom. The van der Waals surface area contributed by atoms with Crippen molar-refractivity contribution in [3.05, 3.63) is 101 Å². The molecule has 7 heteroatoms. The highest BCUT2D eigenvalue weighted by Crippen LogP contribution is 2.32. The maximum atomic E-state index is 13.1. The van der Waals surface area contributed by atoms with E-state index in [2.05, 4.69) is 16.3 Å². The number of hydrogen-bond acceptors (Lipinski definition) is 5. The van der Waals surface area contributed by atoms with Crippen LogP contribution in [0, 0.1) is 0 Å². The number of carbonyl (C=O) groups is 1. The Kier molecular flexibility index (Phi) is 6.15. The first kappa shape index (κ1) is 21.3. The summed E-state index contributed by atoms with van der Waals surface area (Å²) in [6.07, 6.45) is 4.00. The van der Waals surface area contributed by atoms with Gasteiger partial charge in [-0.05, 0) is 53.4 Å². The van der Waals surface area contributed by atoms with Crippen molar-refractivity contribution >= 4 is 22.9 Å². The van der Waals surface area contributed by atoms with Crippen LogP contribution in [0.2, 0.25) is 0 Å². The number of benzene rings is 2. The minimum absolute atomic E-state index is 0.0247. The van der Waals surface area contributed by atoms with Crippen LogP contribution in [0.4, 0.5) is 5.69 Å². The molecule has 1 aliphatic rings. The zero-order chi connectivity index (χ0) is 22.6. The lowest BCUT2D eigenvalue weighted by molar-refractivity contribution is 0.0951.